The first-order valence-electron chi connectivity index (χ1n) is 11.1. The van der Waals surface area contributed by atoms with Crippen molar-refractivity contribution < 1.29 is 4.79 Å². The van der Waals surface area contributed by atoms with E-state index in [0.29, 0.717) is 6.54 Å². The second kappa shape index (κ2) is 9.16. The minimum absolute atomic E-state index is 0.0257. The predicted molar refractivity (Wildman–Crippen MR) is 138 cm³/mol. The number of thioether (sulfide) groups is 1. The highest BCUT2D eigenvalue weighted by Crippen LogP contribution is 2.42. The molecule has 33 heavy (non-hydrogen) atoms. The molecule has 0 saturated carbocycles. The Morgan fingerprint density at radius 3 is 2.15 bits per heavy atom. The Kier molecular flexibility index (Phi) is 5.93. The lowest BCUT2D eigenvalue weighted by Crippen LogP contribution is -2.49. The molecule has 3 nitrogen and oxygen atoms in total. The van der Waals surface area contributed by atoms with Gasteiger partial charge in [0.2, 0.25) is 0 Å². The normalized spacial score (nSPS) is 15.5. The molecule has 0 fully saturated rings. The van der Waals surface area contributed by atoms with Crippen LogP contribution in [0.4, 0.5) is 11.4 Å². The molecule has 0 aliphatic carbocycles. The van der Waals surface area contributed by atoms with Crippen LogP contribution in [0.2, 0.25) is 0 Å². The molecular weight excluding hydrogens is 424 g/mol. The number of hydrogen-bond acceptors (Lipinski definition) is 3. The molecule has 0 unspecified atom stereocenters. The first-order valence-corrected chi connectivity index (χ1v) is 12.3. The molecule has 5 rings (SSSR count). The summed E-state index contributed by atoms with van der Waals surface area (Å²) >= 11 is 1.72. The molecule has 1 amide bonds. The van der Waals surface area contributed by atoms with Crippen LogP contribution in [0.15, 0.2) is 108 Å². The van der Waals surface area contributed by atoms with Gasteiger partial charge < -0.3 is 4.90 Å². The number of anilines is 2. The van der Waals surface area contributed by atoms with Crippen LogP contribution in [0.1, 0.15) is 33.2 Å². The number of amides is 1. The third-order valence-corrected chi connectivity index (χ3v) is 6.87. The summed E-state index contributed by atoms with van der Waals surface area (Å²) in [6.45, 7) is 2.76. The van der Waals surface area contributed by atoms with E-state index in [1.165, 1.54) is 16.0 Å². The maximum absolute atomic E-state index is 13.9. The molecular formula is C29H26N2OS. The van der Waals surface area contributed by atoms with Gasteiger partial charge in [-0.25, -0.2) is 0 Å². The molecule has 0 bridgehead atoms. The van der Waals surface area contributed by atoms with Crippen LogP contribution in [0, 0.1) is 6.92 Å². The second-order valence-electron chi connectivity index (χ2n) is 8.29. The van der Waals surface area contributed by atoms with Gasteiger partial charge in [0, 0.05) is 17.1 Å². The number of carbonyl (C=O) groups excluding carboxylic acids is 1. The van der Waals surface area contributed by atoms with Gasteiger partial charge in [-0.15, -0.1) is 11.8 Å². The van der Waals surface area contributed by atoms with Crippen LogP contribution < -0.4 is 9.80 Å². The van der Waals surface area contributed by atoms with Gasteiger partial charge in [-0.1, -0.05) is 72.3 Å². The van der Waals surface area contributed by atoms with Crippen molar-refractivity contribution in [1.82, 2.24) is 0 Å². The average molecular weight is 451 g/mol. The monoisotopic (exact) mass is 450 g/mol. The number of benzene rings is 4. The van der Waals surface area contributed by atoms with Crippen molar-refractivity contribution in [1.29, 1.82) is 0 Å². The number of carbonyl (C=O) groups is 1. The summed E-state index contributed by atoms with van der Waals surface area (Å²) in [5.74, 6) is 0.0257. The molecule has 164 valence electrons. The zero-order chi connectivity index (χ0) is 22.8. The van der Waals surface area contributed by atoms with Gasteiger partial charge in [0.15, 0.2) is 0 Å². The lowest BCUT2D eigenvalue weighted by molar-refractivity contribution is 0.0968. The Morgan fingerprint density at radius 1 is 0.788 bits per heavy atom. The van der Waals surface area contributed by atoms with Gasteiger partial charge in [0.25, 0.3) is 5.91 Å². The van der Waals surface area contributed by atoms with Crippen LogP contribution >= 0.6 is 11.8 Å². The molecule has 1 heterocycles. The summed E-state index contributed by atoms with van der Waals surface area (Å²) in [4.78, 5) is 19.4. The average Bonchev–Trinajstić information content (AvgIpc) is 2.87. The first kappa shape index (κ1) is 21.4. The maximum Gasteiger partial charge on any atom is 0.262 e. The molecule has 4 heteroatoms. The quantitative estimate of drug-likeness (QED) is 0.303. The number of para-hydroxylation sites is 1. The van der Waals surface area contributed by atoms with Gasteiger partial charge in [-0.2, -0.15) is 0 Å². The molecule has 0 saturated heterocycles. The summed E-state index contributed by atoms with van der Waals surface area (Å²) in [5, 5.41) is 0. The Bertz CT molecular complexity index is 1250. The van der Waals surface area contributed by atoms with Crippen LogP contribution in [0.25, 0.3) is 0 Å². The Balaban J connectivity index is 1.71. The van der Waals surface area contributed by atoms with Crippen LogP contribution in [-0.4, -0.2) is 12.2 Å². The number of rotatable bonds is 5. The van der Waals surface area contributed by atoms with Gasteiger partial charge in [-0.3, -0.25) is 9.69 Å². The van der Waals surface area contributed by atoms with E-state index in [0.717, 1.165) is 22.5 Å². The Morgan fingerprint density at radius 2 is 1.45 bits per heavy atom. The number of fused-ring (bicyclic) bond motifs is 1. The molecule has 1 aliphatic rings. The summed E-state index contributed by atoms with van der Waals surface area (Å²) in [5.41, 5.74) is 6.06. The molecule has 4 aromatic carbocycles. The third kappa shape index (κ3) is 4.14. The van der Waals surface area contributed by atoms with Gasteiger partial charge in [-0.05, 0) is 60.7 Å². The fraction of sp³-hybridized carbons (Fsp3) is 0.138. The zero-order valence-corrected chi connectivity index (χ0v) is 19.6. The van der Waals surface area contributed by atoms with E-state index in [1.54, 1.807) is 11.8 Å². The molecule has 0 spiro atoms. The van der Waals surface area contributed by atoms with E-state index in [9.17, 15) is 4.79 Å². The summed E-state index contributed by atoms with van der Waals surface area (Å²) in [6, 6.07) is 35.2. The smallest absolute Gasteiger partial charge is 0.262 e. The largest absolute Gasteiger partial charge is 0.342 e. The maximum atomic E-state index is 13.9. The standard InChI is InChI=1S/C29H26N2OS/c1-21-12-16-24(17-13-21)31-28(23-14-18-25(33-2)19-15-23)30(20-22-8-4-3-5-9-22)27-11-7-6-10-26(27)29(31)32/h3-19,28H,20H2,1-2H3/t28-/m0/s1. The zero-order valence-electron chi connectivity index (χ0n) is 18.8. The Labute approximate surface area is 199 Å². The molecule has 0 aromatic heterocycles. The van der Waals surface area contributed by atoms with Crippen molar-refractivity contribution in [2.24, 2.45) is 0 Å². The highest BCUT2D eigenvalue weighted by molar-refractivity contribution is 7.98. The fourth-order valence-corrected chi connectivity index (χ4v) is 4.85. The van der Waals surface area contributed by atoms with Crippen molar-refractivity contribution >= 4 is 29.0 Å². The second-order valence-corrected chi connectivity index (χ2v) is 9.17. The first-order chi connectivity index (χ1) is 16.2. The SMILES string of the molecule is CSc1ccc([C@H]2N(Cc3ccccc3)c3ccccc3C(=O)N2c2ccc(C)cc2)cc1. The summed E-state index contributed by atoms with van der Waals surface area (Å²) in [6.07, 6.45) is 1.82. The van der Waals surface area contributed by atoms with E-state index < -0.39 is 0 Å². The van der Waals surface area contributed by atoms with Gasteiger partial charge in [0.05, 0.1) is 11.3 Å². The predicted octanol–water partition coefficient (Wildman–Crippen LogP) is 7.08. The molecule has 0 radical (unpaired) electrons. The van der Waals surface area contributed by atoms with E-state index in [1.807, 2.05) is 41.3 Å². The minimum atomic E-state index is -0.258. The highest BCUT2D eigenvalue weighted by Gasteiger charge is 2.39. The number of nitrogens with zero attached hydrogens (tertiary/aromatic N) is 2. The fourth-order valence-electron chi connectivity index (χ4n) is 4.44. The summed E-state index contributed by atoms with van der Waals surface area (Å²) in [7, 11) is 0. The van der Waals surface area contributed by atoms with Crippen LogP contribution in [0.3, 0.4) is 0 Å². The van der Waals surface area contributed by atoms with Gasteiger partial charge in [0.1, 0.15) is 6.17 Å². The van der Waals surface area contributed by atoms with E-state index in [2.05, 4.69) is 84.8 Å². The highest BCUT2D eigenvalue weighted by atomic mass is 32.2. The topological polar surface area (TPSA) is 23.6 Å². The molecule has 0 N–H and O–H groups in total. The lowest BCUT2D eigenvalue weighted by Gasteiger charge is -2.46. The summed E-state index contributed by atoms with van der Waals surface area (Å²) < 4.78 is 0. The number of aryl methyl sites for hydroxylation is 1. The molecule has 1 atom stereocenters. The van der Waals surface area contributed by atoms with E-state index in [4.69, 9.17) is 0 Å². The Hall–Kier alpha value is -3.50. The molecule has 4 aromatic rings. The van der Waals surface area contributed by atoms with Crippen LogP contribution in [0.5, 0.6) is 0 Å². The van der Waals surface area contributed by atoms with Crippen molar-refractivity contribution in [2.45, 2.75) is 24.5 Å². The minimum Gasteiger partial charge on any atom is -0.342 e. The number of hydrogen-bond donors (Lipinski definition) is 0. The lowest BCUT2D eigenvalue weighted by atomic mass is 9.99. The van der Waals surface area contributed by atoms with E-state index >= 15 is 0 Å². The van der Waals surface area contributed by atoms with Crippen molar-refractivity contribution in [3.05, 3.63) is 125 Å². The van der Waals surface area contributed by atoms with Gasteiger partial charge >= 0.3 is 0 Å². The molecule has 1 aliphatic heterocycles. The van der Waals surface area contributed by atoms with Crippen molar-refractivity contribution in [2.75, 3.05) is 16.1 Å². The third-order valence-electron chi connectivity index (χ3n) is 6.12. The van der Waals surface area contributed by atoms with E-state index in [-0.39, 0.29) is 12.1 Å². The van der Waals surface area contributed by atoms with Crippen molar-refractivity contribution in [3.8, 4) is 0 Å². The van der Waals surface area contributed by atoms with Crippen LogP contribution in [-0.2, 0) is 6.54 Å². The van der Waals surface area contributed by atoms with Crippen molar-refractivity contribution in [3.63, 3.8) is 0 Å².